The first-order valence-corrected chi connectivity index (χ1v) is 7.71. The van der Waals surface area contributed by atoms with Gasteiger partial charge in [-0.1, -0.05) is 29.3 Å². The molecule has 0 radical (unpaired) electrons. The fourth-order valence-corrected chi connectivity index (χ4v) is 2.46. The smallest absolute Gasteiger partial charge is 0.262 e. The molecule has 0 spiro atoms. The third-order valence-corrected chi connectivity index (χ3v) is 3.64. The highest BCUT2D eigenvalue weighted by Gasteiger charge is 2.10. The Labute approximate surface area is 142 Å². The van der Waals surface area contributed by atoms with Gasteiger partial charge in [0, 0.05) is 19.1 Å². The third kappa shape index (κ3) is 4.63. The molecule has 0 bridgehead atoms. The van der Waals surface area contributed by atoms with E-state index in [2.05, 4.69) is 5.32 Å². The molecule has 0 saturated heterocycles. The summed E-state index contributed by atoms with van der Waals surface area (Å²) in [6, 6.07) is 11.2. The number of ether oxygens (including phenoxy) is 1. The molecule has 2 rings (SSSR count). The van der Waals surface area contributed by atoms with Gasteiger partial charge in [-0.15, -0.1) is 0 Å². The molecule has 5 heteroatoms. The first-order chi connectivity index (χ1) is 10.9. The van der Waals surface area contributed by atoms with Gasteiger partial charge in [0.05, 0.1) is 11.4 Å². The maximum Gasteiger partial charge on any atom is 0.262 e. The van der Waals surface area contributed by atoms with E-state index in [0.717, 1.165) is 16.8 Å². The van der Waals surface area contributed by atoms with Crippen LogP contribution in [-0.2, 0) is 4.79 Å². The van der Waals surface area contributed by atoms with Crippen molar-refractivity contribution >= 4 is 28.9 Å². The maximum atomic E-state index is 12.2. The topological polar surface area (TPSA) is 41.6 Å². The number of nitrogens with zero attached hydrogens (tertiary/aromatic N) is 1. The highest BCUT2D eigenvalue weighted by Crippen LogP contribution is 2.27. The second-order valence-electron chi connectivity index (χ2n) is 5.66. The molecule has 0 heterocycles. The molecule has 0 aliphatic carbocycles. The van der Waals surface area contributed by atoms with Gasteiger partial charge < -0.3 is 15.0 Å². The summed E-state index contributed by atoms with van der Waals surface area (Å²) >= 11 is 6.01. The van der Waals surface area contributed by atoms with E-state index in [4.69, 9.17) is 16.3 Å². The van der Waals surface area contributed by atoms with Gasteiger partial charge in [0.15, 0.2) is 6.61 Å². The van der Waals surface area contributed by atoms with Crippen molar-refractivity contribution in [3.8, 4) is 5.75 Å². The Morgan fingerprint density at radius 1 is 1.17 bits per heavy atom. The Morgan fingerprint density at radius 3 is 2.57 bits per heavy atom. The number of amides is 1. The number of hydrogen-bond donors (Lipinski definition) is 1. The second-order valence-corrected chi connectivity index (χ2v) is 6.10. The number of hydrogen-bond acceptors (Lipinski definition) is 3. The predicted molar refractivity (Wildman–Crippen MR) is 95.8 cm³/mol. The second kappa shape index (κ2) is 7.38. The van der Waals surface area contributed by atoms with E-state index < -0.39 is 0 Å². The Morgan fingerprint density at radius 2 is 1.91 bits per heavy atom. The monoisotopic (exact) mass is 332 g/mol. The number of rotatable bonds is 5. The molecule has 122 valence electrons. The van der Waals surface area contributed by atoms with E-state index in [-0.39, 0.29) is 12.5 Å². The minimum absolute atomic E-state index is 0.0523. The minimum atomic E-state index is -0.227. The van der Waals surface area contributed by atoms with Gasteiger partial charge in [0.2, 0.25) is 0 Å². The van der Waals surface area contributed by atoms with Crippen LogP contribution >= 0.6 is 11.6 Å². The molecule has 0 fully saturated rings. The fraction of sp³-hybridized carbons (Fsp3) is 0.278. The SMILES string of the molecule is Cc1ccc(OCC(=O)Nc2cc(Cl)ccc2N(C)C)c(C)c1. The van der Waals surface area contributed by atoms with Crippen LogP contribution in [0.5, 0.6) is 5.75 Å². The maximum absolute atomic E-state index is 12.2. The van der Waals surface area contributed by atoms with E-state index in [1.54, 1.807) is 12.1 Å². The molecule has 4 nitrogen and oxygen atoms in total. The van der Waals surface area contributed by atoms with E-state index in [1.807, 2.05) is 57.1 Å². The van der Waals surface area contributed by atoms with Gasteiger partial charge in [-0.05, 0) is 43.7 Å². The van der Waals surface area contributed by atoms with Crippen molar-refractivity contribution in [2.24, 2.45) is 0 Å². The number of carbonyl (C=O) groups excluding carboxylic acids is 1. The largest absolute Gasteiger partial charge is 0.483 e. The van der Waals surface area contributed by atoms with Crippen LogP contribution in [0.15, 0.2) is 36.4 Å². The highest BCUT2D eigenvalue weighted by molar-refractivity contribution is 6.31. The standard InChI is InChI=1S/C18H21ClN2O2/c1-12-5-8-17(13(2)9-12)23-11-18(22)20-15-10-14(19)6-7-16(15)21(3)4/h5-10H,11H2,1-4H3,(H,20,22). The lowest BCUT2D eigenvalue weighted by atomic mass is 10.1. The molecular weight excluding hydrogens is 312 g/mol. The quantitative estimate of drug-likeness (QED) is 0.898. The lowest BCUT2D eigenvalue weighted by Gasteiger charge is -2.18. The summed E-state index contributed by atoms with van der Waals surface area (Å²) in [7, 11) is 3.82. The normalized spacial score (nSPS) is 10.3. The summed E-state index contributed by atoms with van der Waals surface area (Å²) < 4.78 is 5.60. The molecule has 0 aliphatic rings. The molecule has 2 aromatic carbocycles. The third-order valence-electron chi connectivity index (χ3n) is 3.40. The Bertz CT molecular complexity index is 714. The van der Waals surface area contributed by atoms with Crippen LogP contribution in [0.2, 0.25) is 5.02 Å². The minimum Gasteiger partial charge on any atom is -0.483 e. The fourth-order valence-electron chi connectivity index (χ4n) is 2.29. The predicted octanol–water partition coefficient (Wildman–Crippen LogP) is 4.04. The number of anilines is 2. The molecule has 1 amide bonds. The van der Waals surface area contributed by atoms with Crippen LogP contribution in [0.4, 0.5) is 11.4 Å². The lowest BCUT2D eigenvalue weighted by Crippen LogP contribution is -2.22. The zero-order valence-corrected chi connectivity index (χ0v) is 14.6. The van der Waals surface area contributed by atoms with Crippen LogP contribution in [0, 0.1) is 13.8 Å². The van der Waals surface area contributed by atoms with Crippen LogP contribution in [0.1, 0.15) is 11.1 Å². The number of carbonyl (C=O) groups is 1. The van der Waals surface area contributed by atoms with Gasteiger partial charge in [-0.3, -0.25) is 4.79 Å². The van der Waals surface area contributed by atoms with Crippen molar-refractivity contribution < 1.29 is 9.53 Å². The Kier molecular flexibility index (Phi) is 5.50. The molecular formula is C18H21ClN2O2. The number of halogens is 1. The van der Waals surface area contributed by atoms with Gasteiger partial charge in [0.25, 0.3) is 5.91 Å². The summed E-state index contributed by atoms with van der Waals surface area (Å²) in [4.78, 5) is 14.1. The zero-order valence-electron chi connectivity index (χ0n) is 13.8. The number of benzene rings is 2. The van der Waals surface area contributed by atoms with Gasteiger partial charge >= 0.3 is 0 Å². The summed E-state index contributed by atoms with van der Waals surface area (Å²) in [5.41, 5.74) is 3.72. The average Bonchev–Trinajstić information content (AvgIpc) is 2.46. The van der Waals surface area contributed by atoms with Crippen LogP contribution in [0.25, 0.3) is 0 Å². The highest BCUT2D eigenvalue weighted by atomic mass is 35.5. The first kappa shape index (κ1) is 17.2. The summed E-state index contributed by atoms with van der Waals surface area (Å²) in [5, 5.41) is 3.41. The summed E-state index contributed by atoms with van der Waals surface area (Å²) in [6.45, 7) is 3.93. The first-order valence-electron chi connectivity index (χ1n) is 7.33. The number of nitrogens with one attached hydrogen (secondary N) is 1. The lowest BCUT2D eigenvalue weighted by molar-refractivity contribution is -0.118. The van der Waals surface area contributed by atoms with Gasteiger partial charge in [0.1, 0.15) is 5.75 Å². The number of aryl methyl sites for hydroxylation is 2. The molecule has 0 saturated carbocycles. The Hall–Kier alpha value is -2.20. The average molecular weight is 333 g/mol. The zero-order chi connectivity index (χ0) is 17.0. The molecule has 23 heavy (non-hydrogen) atoms. The molecule has 0 atom stereocenters. The molecule has 0 aliphatic heterocycles. The van der Waals surface area contributed by atoms with Crippen molar-refractivity contribution in [2.75, 3.05) is 30.9 Å². The van der Waals surface area contributed by atoms with Crippen LogP contribution < -0.4 is 15.0 Å². The van der Waals surface area contributed by atoms with Gasteiger partial charge in [-0.2, -0.15) is 0 Å². The summed E-state index contributed by atoms with van der Waals surface area (Å²) in [5.74, 6) is 0.486. The molecule has 0 aromatic heterocycles. The van der Waals surface area contributed by atoms with Crippen molar-refractivity contribution in [1.82, 2.24) is 0 Å². The van der Waals surface area contributed by atoms with Crippen molar-refractivity contribution in [1.29, 1.82) is 0 Å². The molecule has 1 N–H and O–H groups in total. The van der Waals surface area contributed by atoms with E-state index in [9.17, 15) is 4.79 Å². The van der Waals surface area contributed by atoms with Gasteiger partial charge in [-0.25, -0.2) is 0 Å². The van der Waals surface area contributed by atoms with E-state index in [0.29, 0.717) is 16.5 Å². The Balaban J connectivity index is 2.04. The molecule has 2 aromatic rings. The van der Waals surface area contributed by atoms with Crippen LogP contribution in [-0.4, -0.2) is 26.6 Å². The summed E-state index contributed by atoms with van der Waals surface area (Å²) in [6.07, 6.45) is 0. The van der Waals surface area contributed by atoms with Crippen molar-refractivity contribution in [3.63, 3.8) is 0 Å². The van der Waals surface area contributed by atoms with E-state index >= 15 is 0 Å². The van der Waals surface area contributed by atoms with Crippen molar-refractivity contribution in [3.05, 3.63) is 52.5 Å². The molecule has 0 unspecified atom stereocenters. The van der Waals surface area contributed by atoms with Crippen molar-refractivity contribution in [2.45, 2.75) is 13.8 Å². The van der Waals surface area contributed by atoms with Crippen LogP contribution in [0.3, 0.4) is 0 Å². The van der Waals surface area contributed by atoms with E-state index in [1.165, 1.54) is 0 Å².